The summed E-state index contributed by atoms with van der Waals surface area (Å²) in [5.74, 6) is -0.101. The van der Waals surface area contributed by atoms with Crippen LogP contribution in [0.25, 0.3) is 0 Å². The van der Waals surface area contributed by atoms with Gasteiger partial charge in [-0.2, -0.15) is 0 Å². The molecule has 16 heavy (non-hydrogen) atoms. The number of benzene rings is 1. The quantitative estimate of drug-likeness (QED) is 0.814. The molecule has 1 rings (SSSR count). The van der Waals surface area contributed by atoms with Gasteiger partial charge in [-0.3, -0.25) is 4.79 Å². The van der Waals surface area contributed by atoms with E-state index in [0.717, 1.165) is 5.56 Å². The van der Waals surface area contributed by atoms with Crippen LogP contribution in [0.15, 0.2) is 30.3 Å². The Morgan fingerprint density at radius 2 is 1.88 bits per heavy atom. The van der Waals surface area contributed by atoms with Crippen molar-refractivity contribution in [1.82, 2.24) is 5.32 Å². The lowest BCUT2D eigenvalue weighted by Crippen LogP contribution is -2.48. The molecule has 1 aromatic carbocycles. The van der Waals surface area contributed by atoms with Crippen molar-refractivity contribution < 1.29 is 4.79 Å². The summed E-state index contributed by atoms with van der Waals surface area (Å²) in [6, 6.07) is 9.32. The molecular weight excluding hydrogens is 200 g/mol. The van der Waals surface area contributed by atoms with Gasteiger partial charge in [-0.25, -0.2) is 0 Å². The SMILES string of the molecule is CC(C)(C)[C@H](N)C(=O)NCc1ccccc1. The monoisotopic (exact) mass is 220 g/mol. The first-order chi connectivity index (χ1) is 7.41. The summed E-state index contributed by atoms with van der Waals surface area (Å²) in [6.45, 7) is 6.41. The van der Waals surface area contributed by atoms with Crippen LogP contribution in [0.5, 0.6) is 0 Å². The van der Waals surface area contributed by atoms with E-state index in [1.807, 2.05) is 51.1 Å². The number of carbonyl (C=O) groups is 1. The van der Waals surface area contributed by atoms with E-state index in [9.17, 15) is 4.79 Å². The van der Waals surface area contributed by atoms with E-state index in [1.165, 1.54) is 0 Å². The number of amides is 1. The van der Waals surface area contributed by atoms with Crippen molar-refractivity contribution in [2.45, 2.75) is 33.4 Å². The highest BCUT2D eigenvalue weighted by Crippen LogP contribution is 2.17. The van der Waals surface area contributed by atoms with Crippen LogP contribution in [0.1, 0.15) is 26.3 Å². The minimum absolute atomic E-state index is 0.101. The molecule has 0 saturated carbocycles. The van der Waals surface area contributed by atoms with E-state index in [4.69, 9.17) is 5.73 Å². The summed E-state index contributed by atoms with van der Waals surface area (Å²) >= 11 is 0. The molecule has 3 N–H and O–H groups in total. The van der Waals surface area contributed by atoms with E-state index in [1.54, 1.807) is 0 Å². The summed E-state index contributed by atoms with van der Waals surface area (Å²) in [5, 5.41) is 2.84. The second-order valence-electron chi connectivity index (χ2n) is 5.05. The Morgan fingerprint density at radius 1 is 1.31 bits per heavy atom. The van der Waals surface area contributed by atoms with E-state index >= 15 is 0 Å². The Morgan fingerprint density at radius 3 is 2.38 bits per heavy atom. The maximum atomic E-state index is 11.7. The molecule has 88 valence electrons. The highest BCUT2D eigenvalue weighted by Gasteiger charge is 2.26. The molecule has 0 aliphatic rings. The number of hydrogen-bond acceptors (Lipinski definition) is 2. The van der Waals surface area contributed by atoms with Crippen LogP contribution in [0.2, 0.25) is 0 Å². The molecule has 0 fully saturated rings. The Bertz CT molecular complexity index is 341. The minimum atomic E-state index is -0.476. The van der Waals surface area contributed by atoms with Crippen LogP contribution in [-0.2, 0) is 11.3 Å². The molecule has 0 spiro atoms. The maximum absolute atomic E-state index is 11.7. The first-order valence-corrected chi connectivity index (χ1v) is 5.48. The molecule has 1 amide bonds. The third kappa shape index (κ3) is 3.66. The molecule has 0 bridgehead atoms. The number of nitrogens with one attached hydrogen (secondary N) is 1. The first kappa shape index (κ1) is 12.7. The van der Waals surface area contributed by atoms with Gasteiger partial charge in [0.2, 0.25) is 5.91 Å². The van der Waals surface area contributed by atoms with Gasteiger partial charge in [0.1, 0.15) is 0 Å². The zero-order valence-corrected chi connectivity index (χ0v) is 10.2. The molecule has 0 aliphatic heterocycles. The highest BCUT2D eigenvalue weighted by molar-refractivity contribution is 5.82. The van der Waals surface area contributed by atoms with Crippen molar-refractivity contribution in [3.05, 3.63) is 35.9 Å². The average molecular weight is 220 g/mol. The van der Waals surface area contributed by atoms with Crippen molar-refractivity contribution >= 4 is 5.91 Å². The third-order valence-electron chi connectivity index (χ3n) is 2.53. The van der Waals surface area contributed by atoms with E-state index in [2.05, 4.69) is 5.32 Å². The summed E-state index contributed by atoms with van der Waals surface area (Å²) in [5.41, 5.74) is 6.72. The van der Waals surface area contributed by atoms with Crippen LogP contribution in [-0.4, -0.2) is 11.9 Å². The first-order valence-electron chi connectivity index (χ1n) is 5.48. The summed E-state index contributed by atoms with van der Waals surface area (Å²) in [6.07, 6.45) is 0. The summed E-state index contributed by atoms with van der Waals surface area (Å²) < 4.78 is 0. The predicted octanol–water partition coefficient (Wildman–Crippen LogP) is 1.68. The van der Waals surface area contributed by atoms with E-state index in [0.29, 0.717) is 6.54 Å². The average Bonchev–Trinajstić information content (AvgIpc) is 2.25. The highest BCUT2D eigenvalue weighted by atomic mass is 16.2. The lowest BCUT2D eigenvalue weighted by atomic mass is 9.87. The van der Waals surface area contributed by atoms with Crippen LogP contribution in [0.4, 0.5) is 0 Å². The summed E-state index contributed by atoms with van der Waals surface area (Å²) in [7, 11) is 0. The number of carbonyl (C=O) groups excluding carboxylic acids is 1. The van der Waals surface area contributed by atoms with Crippen LogP contribution in [0, 0.1) is 5.41 Å². The Hall–Kier alpha value is -1.35. The van der Waals surface area contributed by atoms with Gasteiger partial charge in [0.15, 0.2) is 0 Å². The van der Waals surface area contributed by atoms with Crippen LogP contribution >= 0.6 is 0 Å². The van der Waals surface area contributed by atoms with Crippen molar-refractivity contribution in [1.29, 1.82) is 0 Å². The largest absolute Gasteiger partial charge is 0.351 e. The van der Waals surface area contributed by atoms with Gasteiger partial charge >= 0.3 is 0 Å². The lowest BCUT2D eigenvalue weighted by molar-refractivity contribution is -0.124. The topological polar surface area (TPSA) is 55.1 Å². The molecule has 1 aromatic rings. The van der Waals surface area contributed by atoms with Gasteiger partial charge in [-0.15, -0.1) is 0 Å². The van der Waals surface area contributed by atoms with Gasteiger partial charge in [0, 0.05) is 6.54 Å². The van der Waals surface area contributed by atoms with Crippen molar-refractivity contribution in [2.24, 2.45) is 11.1 Å². The smallest absolute Gasteiger partial charge is 0.237 e. The maximum Gasteiger partial charge on any atom is 0.237 e. The number of rotatable bonds is 3. The lowest BCUT2D eigenvalue weighted by Gasteiger charge is -2.25. The molecule has 3 heteroatoms. The molecule has 1 atom stereocenters. The van der Waals surface area contributed by atoms with Crippen molar-refractivity contribution in [3.8, 4) is 0 Å². The molecule has 0 saturated heterocycles. The van der Waals surface area contributed by atoms with Crippen molar-refractivity contribution in [2.75, 3.05) is 0 Å². The zero-order chi connectivity index (χ0) is 12.2. The molecular formula is C13H20N2O. The van der Waals surface area contributed by atoms with Crippen LogP contribution in [0.3, 0.4) is 0 Å². The molecule has 0 unspecified atom stereocenters. The van der Waals surface area contributed by atoms with E-state index in [-0.39, 0.29) is 11.3 Å². The fourth-order valence-corrected chi connectivity index (χ4v) is 1.29. The van der Waals surface area contributed by atoms with Gasteiger partial charge in [-0.05, 0) is 11.0 Å². The second kappa shape index (κ2) is 5.12. The molecule has 0 radical (unpaired) electrons. The van der Waals surface area contributed by atoms with Crippen LogP contribution < -0.4 is 11.1 Å². The Kier molecular flexibility index (Phi) is 4.07. The van der Waals surface area contributed by atoms with Gasteiger partial charge < -0.3 is 11.1 Å². The van der Waals surface area contributed by atoms with Gasteiger partial charge in [-0.1, -0.05) is 51.1 Å². The third-order valence-corrected chi connectivity index (χ3v) is 2.53. The van der Waals surface area contributed by atoms with Gasteiger partial charge in [0.05, 0.1) is 6.04 Å². The predicted molar refractivity (Wildman–Crippen MR) is 65.7 cm³/mol. The standard InChI is InChI=1S/C13H20N2O/c1-13(2,3)11(14)12(16)15-9-10-7-5-4-6-8-10/h4-8,11H,9,14H2,1-3H3,(H,15,16)/t11-/m1/s1. The minimum Gasteiger partial charge on any atom is -0.351 e. The van der Waals surface area contributed by atoms with E-state index < -0.39 is 6.04 Å². The summed E-state index contributed by atoms with van der Waals surface area (Å²) in [4.78, 5) is 11.7. The molecule has 3 nitrogen and oxygen atoms in total. The molecule has 0 aliphatic carbocycles. The molecule has 0 heterocycles. The fraction of sp³-hybridized carbons (Fsp3) is 0.462. The normalized spacial score (nSPS) is 13.2. The number of nitrogens with two attached hydrogens (primary N) is 1. The Balaban J connectivity index is 2.48. The number of hydrogen-bond donors (Lipinski definition) is 2. The second-order valence-corrected chi connectivity index (χ2v) is 5.05. The van der Waals surface area contributed by atoms with Crippen molar-refractivity contribution in [3.63, 3.8) is 0 Å². The zero-order valence-electron chi connectivity index (χ0n) is 10.2. The van der Waals surface area contributed by atoms with Gasteiger partial charge in [0.25, 0.3) is 0 Å². The molecule has 0 aromatic heterocycles. The fourth-order valence-electron chi connectivity index (χ4n) is 1.29. The Labute approximate surface area is 97.0 Å².